The number of rotatable bonds is 5. The number of nitrogens with one attached hydrogen (secondary N) is 1. The molecule has 3 heteroatoms. The van der Waals surface area contributed by atoms with E-state index in [1.165, 1.54) is 24.8 Å². The maximum atomic E-state index is 5.35. The van der Waals surface area contributed by atoms with Gasteiger partial charge < -0.3 is 14.8 Å². The Hall–Kier alpha value is -1.22. The number of hydrogen-bond acceptors (Lipinski definition) is 3. The van der Waals surface area contributed by atoms with Crippen molar-refractivity contribution in [2.45, 2.75) is 45.7 Å². The molecule has 0 aromatic heterocycles. The third-order valence-electron chi connectivity index (χ3n) is 4.72. The van der Waals surface area contributed by atoms with Gasteiger partial charge in [-0.05, 0) is 36.0 Å². The van der Waals surface area contributed by atoms with Crippen LogP contribution in [0.25, 0.3) is 0 Å². The van der Waals surface area contributed by atoms with Gasteiger partial charge in [0.25, 0.3) is 0 Å². The summed E-state index contributed by atoms with van der Waals surface area (Å²) >= 11 is 0. The highest BCUT2D eigenvalue weighted by Crippen LogP contribution is 2.30. The van der Waals surface area contributed by atoms with E-state index in [0.717, 1.165) is 29.9 Å². The molecular weight excluding hydrogens is 250 g/mol. The Kier molecular flexibility index (Phi) is 5.30. The van der Waals surface area contributed by atoms with Crippen LogP contribution in [0.4, 0.5) is 0 Å². The summed E-state index contributed by atoms with van der Waals surface area (Å²) in [7, 11) is 3.35. The highest BCUT2D eigenvalue weighted by Gasteiger charge is 2.26. The van der Waals surface area contributed by atoms with E-state index in [0.29, 0.717) is 6.04 Å². The molecule has 3 atom stereocenters. The van der Waals surface area contributed by atoms with E-state index in [1.54, 1.807) is 14.2 Å². The Balaban J connectivity index is 1.96. The zero-order chi connectivity index (χ0) is 14.5. The van der Waals surface area contributed by atoms with Crippen molar-refractivity contribution < 1.29 is 9.47 Å². The van der Waals surface area contributed by atoms with E-state index in [2.05, 4.69) is 31.3 Å². The van der Waals surface area contributed by atoms with Crippen molar-refractivity contribution in [2.75, 3.05) is 14.2 Å². The Morgan fingerprint density at radius 1 is 1.10 bits per heavy atom. The normalized spacial score (nSPS) is 26.3. The van der Waals surface area contributed by atoms with Gasteiger partial charge in [-0.25, -0.2) is 0 Å². The second-order valence-corrected chi connectivity index (χ2v) is 5.94. The first kappa shape index (κ1) is 15.2. The van der Waals surface area contributed by atoms with Crippen LogP contribution in [-0.2, 0) is 6.54 Å². The fourth-order valence-corrected chi connectivity index (χ4v) is 3.11. The minimum Gasteiger partial charge on any atom is -0.493 e. The molecule has 3 nitrogen and oxygen atoms in total. The predicted octanol–water partition coefficient (Wildman–Crippen LogP) is 3.62. The van der Waals surface area contributed by atoms with Gasteiger partial charge >= 0.3 is 0 Å². The van der Waals surface area contributed by atoms with Crippen molar-refractivity contribution in [2.24, 2.45) is 11.8 Å². The van der Waals surface area contributed by atoms with Crippen molar-refractivity contribution in [3.05, 3.63) is 23.8 Å². The summed E-state index contributed by atoms with van der Waals surface area (Å²) in [6.07, 6.45) is 4.00. The lowest BCUT2D eigenvalue weighted by atomic mass is 9.78. The molecule has 0 aliphatic heterocycles. The SMILES string of the molecule is COc1ccc(CN[C@H]2CCC[C@@H](C)[C@@H]2C)cc1OC. The van der Waals surface area contributed by atoms with E-state index < -0.39 is 0 Å². The van der Waals surface area contributed by atoms with E-state index in [9.17, 15) is 0 Å². The molecule has 2 rings (SSSR count). The molecule has 0 spiro atoms. The number of ether oxygens (including phenoxy) is 2. The molecule has 0 unspecified atom stereocenters. The van der Waals surface area contributed by atoms with Gasteiger partial charge in [-0.1, -0.05) is 32.8 Å². The molecule has 1 aliphatic carbocycles. The standard InChI is InChI=1S/C17H27NO2/c1-12-6-5-7-15(13(12)2)18-11-14-8-9-16(19-3)17(10-14)20-4/h8-10,12-13,15,18H,5-7,11H2,1-4H3/t12-,13+,15+/m1/s1. The number of methoxy groups -OCH3 is 2. The quantitative estimate of drug-likeness (QED) is 0.891. The molecule has 112 valence electrons. The molecule has 1 aromatic rings. The molecule has 0 amide bonds. The van der Waals surface area contributed by atoms with E-state index in [-0.39, 0.29) is 0 Å². The molecule has 0 bridgehead atoms. The molecule has 0 saturated heterocycles. The fourth-order valence-electron chi connectivity index (χ4n) is 3.11. The summed E-state index contributed by atoms with van der Waals surface area (Å²) in [5.41, 5.74) is 1.24. The van der Waals surface area contributed by atoms with Crippen LogP contribution < -0.4 is 14.8 Å². The first-order chi connectivity index (χ1) is 9.65. The average Bonchev–Trinajstić information content (AvgIpc) is 2.48. The topological polar surface area (TPSA) is 30.5 Å². The van der Waals surface area contributed by atoms with Crippen LogP contribution in [-0.4, -0.2) is 20.3 Å². The van der Waals surface area contributed by atoms with Crippen LogP contribution in [0.2, 0.25) is 0 Å². The van der Waals surface area contributed by atoms with Crippen molar-refractivity contribution in [3.8, 4) is 11.5 Å². The van der Waals surface area contributed by atoms with Gasteiger partial charge in [0.15, 0.2) is 11.5 Å². The van der Waals surface area contributed by atoms with Crippen molar-refractivity contribution in [3.63, 3.8) is 0 Å². The zero-order valence-electron chi connectivity index (χ0n) is 13.1. The minimum absolute atomic E-state index is 0.631. The van der Waals surface area contributed by atoms with E-state index in [1.807, 2.05) is 6.07 Å². The largest absolute Gasteiger partial charge is 0.493 e. The summed E-state index contributed by atoms with van der Waals surface area (Å²) < 4.78 is 10.6. The van der Waals surface area contributed by atoms with Crippen molar-refractivity contribution >= 4 is 0 Å². The van der Waals surface area contributed by atoms with Crippen LogP contribution in [0.3, 0.4) is 0 Å². The minimum atomic E-state index is 0.631. The lowest BCUT2D eigenvalue weighted by Gasteiger charge is -2.34. The highest BCUT2D eigenvalue weighted by molar-refractivity contribution is 5.42. The van der Waals surface area contributed by atoms with Crippen LogP contribution in [0, 0.1) is 11.8 Å². The van der Waals surface area contributed by atoms with Gasteiger partial charge in [0.1, 0.15) is 0 Å². The second-order valence-electron chi connectivity index (χ2n) is 5.94. The zero-order valence-corrected chi connectivity index (χ0v) is 13.1. The van der Waals surface area contributed by atoms with Gasteiger partial charge in [0.2, 0.25) is 0 Å². The van der Waals surface area contributed by atoms with Gasteiger partial charge in [-0.15, -0.1) is 0 Å². The molecule has 0 radical (unpaired) electrons. The maximum absolute atomic E-state index is 5.35. The Bertz CT molecular complexity index is 433. The Labute approximate surface area is 122 Å². The van der Waals surface area contributed by atoms with Gasteiger partial charge in [0.05, 0.1) is 14.2 Å². The van der Waals surface area contributed by atoms with Crippen molar-refractivity contribution in [1.82, 2.24) is 5.32 Å². The lowest BCUT2D eigenvalue weighted by molar-refractivity contribution is 0.206. The Morgan fingerprint density at radius 2 is 1.85 bits per heavy atom. The van der Waals surface area contributed by atoms with Gasteiger partial charge in [-0.2, -0.15) is 0 Å². The molecule has 1 fully saturated rings. The first-order valence-corrected chi connectivity index (χ1v) is 7.60. The average molecular weight is 277 g/mol. The summed E-state index contributed by atoms with van der Waals surface area (Å²) in [6, 6.07) is 6.77. The third-order valence-corrected chi connectivity index (χ3v) is 4.72. The van der Waals surface area contributed by atoms with Crippen LogP contribution in [0.15, 0.2) is 18.2 Å². The molecule has 1 N–H and O–H groups in total. The van der Waals surface area contributed by atoms with Gasteiger partial charge in [0, 0.05) is 12.6 Å². The van der Waals surface area contributed by atoms with Gasteiger partial charge in [-0.3, -0.25) is 0 Å². The van der Waals surface area contributed by atoms with Crippen LogP contribution in [0.1, 0.15) is 38.7 Å². The summed E-state index contributed by atoms with van der Waals surface area (Å²) in [5.74, 6) is 3.17. The smallest absolute Gasteiger partial charge is 0.161 e. The van der Waals surface area contributed by atoms with Crippen LogP contribution >= 0.6 is 0 Å². The second kappa shape index (κ2) is 6.98. The number of hydrogen-bond donors (Lipinski definition) is 1. The molecule has 1 aromatic carbocycles. The first-order valence-electron chi connectivity index (χ1n) is 7.60. The predicted molar refractivity (Wildman–Crippen MR) is 82.4 cm³/mol. The molecular formula is C17H27NO2. The molecule has 1 aliphatic rings. The molecule has 1 saturated carbocycles. The highest BCUT2D eigenvalue weighted by atomic mass is 16.5. The molecule has 0 heterocycles. The van der Waals surface area contributed by atoms with E-state index in [4.69, 9.17) is 9.47 Å². The Morgan fingerprint density at radius 3 is 2.55 bits per heavy atom. The fraction of sp³-hybridized carbons (Fsp3) is 0.647. The maximum Gasteiger partial charge on any atom is 0.161 e. The molecule has 20 heavy (non-hydrogen) atoms. The van der Waals surface area contributed by atoms with Crippen LogP contribution in [0.5, 0.6) is 11.5 Å². The van der Waals surface area contributed by atoms with Crippen molar-refractivity contribution in [1.29, 1.82) is 0 Å². The third kappa shape index (κ3) is 3.45. The summed E-state index contributed by atoms with van der Waals surface area (Å²) in [6.45, 7) is 5.63. The lowest BCUT2D eigenvalue weighted by Crippen LogP contribution is -2.40. The monoisotopic (exact) mass is 277 g/mol. The number of benzene rings is 1. The summed E-state index contributed by atoms with van der Waals surface area (Å²) in [4.78, 5) is 0. The van der Waals surface area contributed by atoms with E-state index >= 15 is 0 Å². The summed E-state index contributed by atoms with van der Waals surface area (Å²) in [5, 5.41) is 3.71.